The molecule has 0 atom stereocenters. The lowest BCUT2D eigenvalue weighted by Gasteiger charge is -2.04. The molecule has 0 spiro atoms. The Morgan fingerprint density at radius 3 is 2.65 bits per heavy atom. The average Bonchev–Trinajstić information content (AvgIpc) is 2.56. The first kappa shape index (κ1) is 12.7. The van der Waals surface area contributed by atoms with Crippen LogP contribution in [-0.2, 0) is 0 Å². The summed E-state index contributed by atoms with van der Waals surface area (Å²) in [6.07, 6.45) is 0. The maximum absolute atomic E-state index is 6.07. The smallest absolute Gasteiger partial charge is 0.141 e. The lowest BCUT2D eigenvalue weighted by molar-refractivity contribution is 0.769. The largest absolute Gasteiger partial charge is 0.383 e. The van der Waals surface area contributed by atoms with E-state index in [2.05, 4.69) is 41.5 Å². The van der Waals surface area contributed by atoms with E-state index >= 15 is 0 Å². The third-order valence-electron chi connectivity index (χ3n) is 2.49. The summed E-state index contributed by atoms with van der Waals surface area (Å²) >= 11 is 8.21. The summed E-state index contributed by atoms with van der Waals surface area (Å²) in [4.78, 5) is 0. The van der Waals surface area contributed by atoms with Crippen molar-refractivity contribution in [3.63, 3.8) is 0 Å². The first-order valence-electron chi connectivity index (χ1n) is 5.30. The second-order valence-electron chi connectivity index (χ2n) is 4.13. The van der Waals surface area contributed by atoms with Crippen LogP contribution < -0.4 is 5.73 Å². The molecule has 0 amide bonds. The van der Waals surface area contributed by atoms with Crippen molar-refractivity contribution in [2.24, 2.45) is 0 Å². The van der Waals surface area contributed by atoms with E-state index in [9.17, 15) is 0 Å². The van der Waals surface area contributed by atoms with Crippen LogP contribution in [0.5, 0.6) is 0 Å². The fourth-order valence-electron chi connectivity index (χ4n) is 1.60. The summed E-state index contributed by atoms with van der Waals surface area (Å²) in [6.45, 7) is 4.21. The lowest BCUT2D eigenvalue weighted by atomic mass is 10.1. The number of benzene rings is 1. The van der Waals surface area contributed by atoms with E-state index < -0.39 is 0 Å². The number of halogens is 2. The monoisotopic (exact) mass is 361 g/mol. The molecule has 0 aliphatic rings. The molecule has 0 fully saturated rings. The van der Waals surface area contributed by atoms with Gasteiger partial charge in [-0.15, -0.1) is 0 Å². The fraction of sp³-hybridized carbons (Fsp3) is 0.250. The third-order valence-corrected chi connectivity index (χ3v) is 3.83. The predicted octanol–water partition coefficient (Wildman–Crippen LogP) is 3.84. The Balaban J connectivity index is 2.57. The highest BCUT2D eigenvalue weighted by molar-refractivity contribution is 14.1. The van der Waals surface area contributed by atoms with Crippen molar-refractivity contribution >= 4 is 40.0 Å². The maximum Gasteiger partial charge on any atom is 0.141 e. The second kappa shape index (κ2) is 4.86. The minimum atomic E-state index is 0.352. The van der Waals surface area contributed by atoms with Gasteiger partial charge in [0, 0.05) is 5.02 Å². The van der Waals surface area contributed by atoms with Crippen LogP contribution in [-0.4, -0.2) is 9.78 Å². The number of hydrogen-bond donors (Lipinski definition) is 1. The van der Waals surface area contributed by atoms with Gasteiger partial charge in [0.1, 0.15) is 5.82 Å². The number of nitrogens with zero attached hydrogens (tertiary/aromatic N) is 2. The van der Waals surface area contributed by atoms with Gasteiger partial charge in [-0.2, -0.15) is 5.10 Å². The predicted molar refractivity (Wildman–Crippen MR) is 79.8 cm³/mol. The molecule has 2 aromatic rings. The molecule has 90 valence electrons. The highest BCUT2D eigenvalue weighted by Crippen LogP contribution is 2.28. The van der Waals surface area contributed by atoms with Crippen molar-refractivity contribution in [2.75, 3.05) is 5.73 Å². The molecule has 1 aromatic carbocycles. The van der Waals surface area contributed by atoms with Gasteiger partial charge in [0.15, 0.2) is 0 Å². The molecule has 0 saturated carbocycles. The highest BCUT2D eigenvalue weighted by atomic mass is 127. The van der Waals surface area contributed by atoms with E-state index in [1.54, 1.807) is 4.68 Å². The Morgan fingerprint density at radius 2 is 2.12 bits per heavy atom. The van der Waals surface area contributed by atoms with Crippen molar-refractivity contribution in [3.8, 4) is 5.69 Å². The Hall–Kier alpha value is -0.750. The minimum absolute atomic E-state index is 0.352. The van der Waals surface area contributed by atoms with Crippen molar-refractivity contribution in [2.45, 2.75) is 19.8 Å². The van der Waals surface area contributed by atoms with Crippen molar-refractivity contribution in [3.05, 3.63) is 38.6 Å². The fourth-order valence-corrected chi connectivity index (χ4v) is 2.75. The molecule has 0 bridgehead atoms. The summed E-state index contributed by atoms with van der Waals surface area (Å²) in [5, 5.41) is 5.22. The SMILES string of the molecule is CC(C)c1nn(-c2cccc(Cl)c2)c(N)c1I. The molecule has 2 N–H and O–H groups in total. The number of aromatic nitrogens is 2. The summed E-state index contributed by atoms with van der Waals surface area (Å²) < 4.78 is 2.75. The van der Waals surface area contributed by atoms with Crippen LogP contribution in [0.25, 0.3) is 5.69 Å². The van der Waals surface area contributed by atoms with Crippen molar-refractivity contribution < 1.29 is 0 Å². The highest BCUT2D eigenvalue weighted by Gasteiger charge is 2.16. The van der Waals surface area contributed by atoms with Crippen LogP contribution >= 0.6 is 34.2 Å². The molecule has 0 aliphatic carbocycles. The lowest BCUT2D eigenvalue weighted by Crippen LogP contribution is -2.02. The van der Waals surface area contributed by atoms with E-state index in [1.807, 2.05) is 24.3 Å². The summed E-state index contributed by atoms with van der Waals surface area (Å²) in [6, 6.07) is 7.51. The number of anilines is 1. The van der Waals surface area contributed by atoms with Crippen LogP contribution in [0.1, 0.15) is 25.5 Å². The maximum atomic E-state index is 6.07. The molecular weight excluding hydrogens is 349 g/mol. The van der Waals surface area contributed by atoms with Crippen molar-refractivity contribution in [1.82, 2.24) is 9.78 Å². The quantitative estimate of drug-likeness (QED) is 0.826. The molecule has 0 aliphatic heterocycles. The van der Waals surface area contributed by atoms with Gasteiger partial charge in [-0.05, 0) is 46.7 Å². The van der Waals surface area contributed by atoms with E-state index in [-0.39, 0.29) is 0 Å². The Morgan fingerprint density at radius 1 is 1.41 bits per heavy atom. The van der Waals surface area contributed by atoms with Crippen LogP contribution in [0, 0.1) is 3.57 Å². The van der Waals surface area contributed by atoms with Gasteiger partial charge in [-0.25, -0.2) is 4.68 Å². The first-order chi connectivity index (χ1) is 8.00. The zero-order chi connectivity index (χ0) is 12.6. The van der Waals surface area contributed by atoms with Crippen molar-refractivity contribution in [1.29, 1.82) is 0 Å². The summed E-state index contributed by atoms with van der Waals surface area (Å²) in [5.41, 5.74) is 7.98. The van der Waals surface area contributed by atoms with Crippen LogP contribution in [0.4, 0.5) is 5.82 Å². The number of hydrogen-bond acceptors (Lipinski definition) is 2. The van der Waals surface area contributed by atoms with Crippen LogP contribution in [0.2, 0.25) is 5.02 Å². The standard InChI is InChI=1S/C12H13ClIN3/c1-7(2)11-10(14)12(15)17(16-11)9-5-3-4-8(13)6-9/h3-7H,15H2,1-2H3. The van der Waals surface area contributed by atoms with Crippen LogP contribution in [0.15, 0.2) is 24.3 Å². The zero-order valence-corrected chi connectivity index (χ0v) is 12.5. The van der Waals surface area contributed by atoms with E-state index in [1.165, 1.54) is 0 Å². The molecule has 3 nitrogen and oxygen atoms in total. The van der Waals surface area contributed by atoms with Gasteiger partial charge in [-0.1, -0.05) is 31.5 Å². The number of nitrogen functional groups attached to an aromatic ring is 1. The molecule has 0 unspecified atom stereocenters. The number of nitrogens with two attached hydrogens (primary N) is 1. The molecule has 1 aromatic heterocycles. The molecule has 2 rings (SSSR count). The average molecular weight is 362 g/mol. The van der Waals surface area contributed by atoms with Gasteiger partial charge < -0.3 is 5.73 Å². The minimum Gasteiger partial charge on any atom is -0.383 e. The molecule has 5 heteroatoms. The normalized spacial score (nSPS) is 11.1. The topological polar surface area (TPSA) is 43.8 Å². The van der Waals surface area contributed by atoms with Gasteiger partial charge in [0.25, 0.3) is 0 Å². The second-order valence-corrected chi connectivity index (χ2v) is 5.65. The summed E-state index contributed by atoms with van der Waals surface area (Å²) in [5.74, 6) is 1.02. The Bertz CT molecular complexity index is 549. The molecular formula is C12H13ClIN3. The van der Waals surface area contributed by atoms with E-state index in [0.29, 0.717) is 16.8 Å². The first-order valence-corrected chi connectivity index (χ1v) is 6.76. The Kier molecular flexibility index (Phi) is 3.63. The van der Waals surface area contributed by atoms with Crippen LogP contribution in [0.3, 0.4) is 0 Å². The molecule has 0 saturated heterocycles. The molecule has 0 radical (unpaired) electrons. The number of rotatable bonds is 2. The van der Waals surface area contributed by atoms with Gasteiger partial charge in [0.2, 0.25) is 0 Å². The van der Waals surface area contributed by atoms with Gasteiger partial charge in [0.05, 0.1) is 15.0 Å². The van der Waals surface area contributed by atoms with Gasteiger partial charge in [-0.3, -0.25) is 0 Å². The molecule has 17 heavy (non-hydrogen) atoms. The molecule has 1 heterocycles. The van der Waals surface area contributed by atoms with E-state index in [4.69, 9.17) is 17.3 Å². The van der Waals surface area contributed by atoms with E-state index in [0.717, 1.165) is 15.0 Å². The zero-order valence-electron chi connectivity index (χ0n) is 9.61. The van der Waals surface area contributed by atoms with Gasteiger partial charge >= 0.3 is 0 Å². The Labute approximate surface area is 119 Å². The summed E-state index contributed by atoms with van der Waals surface area (Å²) in [7, 11) is 0. The third kappa shape index (κ3) is 2.42.